The van der Waals surface area contributed by atoms with Crippen LogP contribution in [0.2, 0.25) is 0 Å². The average Bonchev–Trinajstić information content (AvgIpc) is 2.27. The van der Waals surface area contributed by atoms with Crippen LogP contribution < -0.4 is 10.1 Å². The van der Waals surface area contributed by atoms with Gasteiger partial charge in [-0.3, -0.25) is 0 Å². The van der Waals surface area contributed by atoms with E-state index in [1.807, 2.05) is 14.0 Å². The maximum atomic E-state index is 11.7. The summed E-state index contributed by atoms with van der Waals surface area (Å²) in [5.41, 5.74) is 0. The summed E-state index contributed by atoms with van der Waals surface area (Å²) in [4.78, 5) is 4.83. The van der Waals surface area contributed by atoms with Crippen LogP contribution in [-0.2, 0) is 10.0 Å². The second kappa shape index (κ2) is 7.27. The predicted octanol–water partition coefficient (Wildman–Crippen LogP) is -0.932. The van der Waals surface area contributed by atoms with E-state index in [1.54, 1.807) is 5.01 Å². The first kappa shape index (κ1) is 14.8. The molecule has 1 fully saturated rings. The fourth-order valence-corrected chi connectivity index (χ4v) is 2.90. The summed E-state index contributed by atoms with van der Waals surface area (Å²) >= 11 is 0. The molecule has 0 amide bonds. The highest BCUT2D eigenvalue weighted by molar-refractivity contribution is 7.89. The van der Waals surface area contributed by atoms with Crippen LogP contribution in [0, 0.1) is 0 Å². The van der Waals surface area contributed by atoms with Crippen molar-refractivity contribution >= 4 is 10.0 Å². The van der Waals surface area contributed by atoms with Crippen LogP contribution in [0.3, 0.4) is 0 Å². The summed E-state index contributed by atoms with van der Waals surface area (Å²) in [7, 11) is -1.12. The van der Waals surface area contributed by atoms with Crippen molar-refractivity contribution in [2.45, 2.75) is 13.3 Å². The number of piperazine rings is 1. The molecule has 2 N–H and O–H groups in total. The lowest BCUT2D eigenvalue weighted by Gasteiger charge is -2.32. The van der Waals surface area contributed by atoms with E-state index in [1.165, 1.54) is 0 Å². The van der Waals surface area contributed by atoms with E-state index in [-0.39, 0.29) is 5.75 Å². The Labute approximate surface area is 104 Å². The minimum absolute atomic E-state index is 0.187. The number of hydrazine groups is 1. The Bertz CT molecular complexity index is 299. The normalized spacial score (nSPS) is 19.6. The minimum atomic E-state index is -3.16. The molecule has 0 spiro atoms. The molecular formula is C10H24N4O2S. The molecule has 0 aliphatic carbocycles. The summed E-state index contributed by atoms with van der Waals surface area (Å²) in [6.45, 7) is 6.95. The first-order chi connectivity index (χ1) is 8.03. The largest absolute Gasteiger partial charge is 0.317 e. The molecule has 6 nitrogen and oxygen atoms in total. The van der Waals surface area contributed by atoms with Crippen molar-refractivity contribution in [2.75, 3.05) is 52.1 Å². The van der Waals surface area contributed by atoms with Crippen molar-refractivity contribution in [3.63, 3.8) is 0 Å². The smallest absolute Gasteiger partial charge is 0.224 e. The third kappa shape index (κ3) is 6.32. The zero-order valence-electron chi connectivity index (χ0n) is 10.8. The van der Waals surface area contributed by atoms with Crippen molar-refractivity contribution in [3.8, 4) is 0 Å². The summed E-state index contributed by atoms with van der Waals surface area (Å²) in [5.74, 6) is 0.187. The summed E-state index contributed by atoms with van der Waals surface area (Å²) in [6.07, 6.45) is 0.650. The third-order valence-electron chi connectivity index (χ3n) is 2.79. The molecule has 0 bridgehead atoms. The van der Waals surface area contributed by atoms with Crippen molar-refractivity contribution in [1.29, 1.82) is 0 Å². The quantitative estimate of drug-likeness (QED) is 0.582. The first-order valence-corrected chi connectivity index (χ1v) is 7.83. The van der Waals surface area contributed by atoms with E-state index in [2.05, 4.69) is 15.0 Å². The Hall–Kier alpha value is -0.210. The van der Waals surface area contributed by atoms with E-state index in [0.29, 0.717) is 6.42 Å². The van der Waals surface area contributed by atoms with Crippen molar-refractivity contribution in [3.05, 3.63) is 0 Å². The van der Waals surface area contributed by atoms with Crippen LogP contribution in [0.25, 0.3) is 0 Å². The topological polar surface area (TPSA) is 64.7 Å². The maximum absolute atomic E-state index is 11.7. The molecule has 0 radical (unpaired) electrons. The van der Waals surface area contributed by atoms with Gasteiger partial charge in [0.15, 0.2) is 0 Å². The van der Waals surface area contributed by atoms with Gasteiger partial charge in [-0.05, 0) is 26.6 Å². The Balaban J connectivity index is 2.24. The summed E-state index contributed by atoms with van der Waals surface area (Å²) in [6, 6.07) is 0. The molecular weight excluding hydrogens is 240 g/mol. The molecule has 1 saturated heterocycles. The van der Waals surface area contributed by atoms with Crippen LogP contribution in [0.5, 0.6) is 0 Å². The first-order valence-electron chi connectivity index (χ1n) is 6.18. The van der Waals surface area contributed by atoms with Crippen LogP contribution in [0.15, 0.2) is 0 Å². The van der Waals surface area contributed by atoms with Gasteiger partial charge in [0.25, 0.3) is 0 Å². The fourth-order valence-electron chi connectivity index (χ4n) is 1.70. The van der Waals surface area contributed by atoms with Gasteiger partial charge >= 0.3 is 0 Å². The van der Waals surface area contributed by atoms with Gasteiger partial charge in [0.05, 0.1) is 5.75 Å². The van der Waals surface area contributed by atoms with Crippen molar-refractivity contribution in [1.82, 2.24) is 20.1 Å². The number of hydrogen-bond donors (Lipinski definition) is 2. The Morgan fingerprint density at radius 2 is 1.82 bits per heavy atom. The number of likely N-dealkylation sites (N-methyl/N-ethyl adjacent to an activating group) is 1. The van der Waals surface area contributed by atoms with Gasteiger partial charge in [0, 0.05) is 26.2 Å². The number of nitrogens with zero attached hydrogens (tertiary/aromatic N) is 2. The van der Waals surface area contributed by atoms with Gasteiger partial charge in [-0.1, -0.05) is 6.92 Å². The van der Waals surface area contributed by atoms with Gasteiger partial charge in [-0.2, -0.15) is 0 Å². The van der Waals surface area contributed by atoms with E-state index < -0.39 is 10.0 Å². The Kier molecular flexibility index (Phi) is 6.35. The predicted molar refractivity (Wildman–Crippen MR) is 69.2 cm³/mol. The van der Waals surface area contributed by atoms with E-state index in [4.69, 9.17) is 0 Å². The third-order valence-corrected chi connectivity index (χ3v) is 4.15. The molecule has 1 aliphatic rings. The molecule has 0 aromatic heterocycles. The van der Waals surface area contributed by atoms with Crippen molar-refractivity contribution < 1.29 is 8.42 Å². The zero-order valence-corrected chi connectivity index (χ0v) is 11.6. The standard InChI is InChI=1S/C10H24N4O2S/c1-3-11-5-4-10-17(15,16)12-14-8-6-13(2)7-9-14/h11-12H,3-10H2,1-2H3. The highest BCUT2D eigenvalue weighted by Crippen LogP contribution is 1.98. The van der Waals surface area contributed by atoms with Gasteiger partial charge in [-0.15, -0.1) is 4.83 Å². The molecule has 1 aliphatic heterocycles. The lowest BCUT2D eigenvalue weighted by molar-refractivity contribution is 0.135. The number of sulfonamides is 1. The molecule has 7 heteroatoms. The summed E-state index contributed by atoms with van der Waals surface area (Å²) < 4.78 is 23.5. The zero-order chi connectivity index (χ0) is 12.7. The van der Waals surface area contributed by atoms with E-state index >= 15 is 0 Å². The summed E-state index contributed by atoms with van der Waals surface area (Å²) in [5, 5.41) is 4.91. The lowest BCUT2D eigenvalue weighted by Crippen LogP contribution is -2.52. The average molecular weight is 264 g/mol. The van der Waals surface area contributed by atoms with E-state index in [9.17, 15) is 8.42 Å². The van der Waals surface area contributed by atoms with Crippen LogP contribution in [0.1, 0.15) is 13.3 Å². The number of rotatable bonds is 7. The molecule has 17 heavy (non-hydrogen) atoms. The molecule has 0 aromatic carbocycles. The van der Waals surface area contributed by atoms with Gasteiger partial charge in [0.2, 0.25) is 10.0 Å². The van der Waals surface area contributed by atoms with Crippen LogP contribution >= 0.6 is 0 Å². The molecule has 0 saturated carbocycles. The van der Waals surface area contributed by atoms with Crippen molar-refractivity contribution in [2.24, 2.45) is 0 Å². The Morgan fingerprint density at radius 3 is 2.41 bits per heavy atom. The Morgan fingerprint density at radius 1 is 1.18 bits per heavy atom. The highest BCUT2D eigenvalue weighted by atomic mass is 32.2. The van der Waals surface area contributed by atoms with Gasteiger partial charge in [-0.25, -0.2) is 13.4 Å². The van der Waals surface area contributed by atoms with E-state index in [0.717, 1.165) is 39.3 Å². The second-order valence-corrected chi connectivity index (χ2v) is 6.23. The molecule has 0 unspecified atom stereocenters. The number of hydrogen-bond acceptors (Lipinski definition) is 5. The second-order valence-electron chi connectivity index (χ2n) is 4.41. The molecule has 102 valence electrons. The lowest BCUT2D eigenvalue weighted by atomic mass is 10.4. The fraction of sp³-hybridized carbons (Fsp3) is 1.00. The van der Waals surface area contributed by atoms with Gasteiger partial charge in [0.1, 0.15) is 0 Å². The van der Waals surface area contributed by atoms with Crippen LogP contribution in [-0.4, -0.2) is 70.4 Å². The SMILES string of the molecule is CCNCCCS(=O)(=O)NN1CCN(C)CC1. The minimum Gasteiger partial charge on any atom is -0.317 e. The monoisotopic (exact) mass is 264 g/mol. The molecule has 0 aromatic rings. The molecule has 1 rings (SSSR count). The van der Waals surface area contributed by atoms with Crippen LogP contribution in [0.4, 0.5) is 0 Å². The maximum Gasteiger partial charge on any atom is 0.224 e. The highest BCUT2D eigenvalue weighted by Gasteiger charge is 2.19. The van der Waals surface area contributed by atoms with Gasteiger partial charge < -0.3 is 10.2 Å². The molecule has 0 atom stereocenters. The number of nitrogens with one attached hydrogen (secondary N) is 2. The molecule has 1 heterocycles.